The molecule has 4 unspecified atom stereocenters. The van der Waals surface area contributed by atoms with Crippen molar-refractivity contribution < 1.29 is 9.90 Å². The van der Waals surface area contributed by atoms with Gasteiger partial charge < -0.3 is 15.3 Å². The van der Waals surface area contributed by atoms with Crippen LogP contribution in [0, 0.1) is 11.8 Å². The molecule has 0 radical (unpaired) electrons. The van der Waals surface area contributed by atoms with Gasteiger partial charge >= 0.3 is 6.03 Å². The number of benzene rings is 1. The molecule has 2 amide bonds. The Morgan fingerprint density at radius 3 is 2.52 bits per heavy atom. The normalized spacial score (nSPS) is 30.6. The maximum Gasteiger partial charge on any atom is 0.317 e. The molecule has 2 aliphatic heterocycles. The van der Waals surface area contributed by atoms with Gasteiger partial charge in [-0.1, -0.05) is 31.2 Å². The minimum absolute atomic E-state index is 0.0269. The highest BCUT2D eigenvalue weighted by Gasteiger charge is 2.40. The number of likely N-dealkylation sites (tertiary alicyclic amines) is 2. The second-order valence-corrected chi connectivity index (χ2v) is 9.51. The molecule has 4 rings (SSSR count). The minimum atomic E-state index is -0.257. The van der Waals surface area contributed by atoms with Gasteiger partial charge in [0.15, 0.2) is 0 Å². The quantitative estimate of drug-likeness (QED) is 0.793. The Labute approximate surface area is 175 Å². The fraction of sp³-hybridized carbons (Fsp3) is 0.708. The Bertz CT molecular complexity index is 671. The molecule has 1 aromatic carbocycles. The number of aliphatic hydroxyl groups excluding tert-OH is 1. The van der Waals surface area contributed by atoms with Crippen LogP contribution in [-0.2, 0) is 13.1 Å². The van der Waals surface area contributed by atoms with Crippen LogP contribution in [0.3, 0.4) is 0 Å². The van der Waals surface area contributed by atoms with E-state index in [1.807, 2.05) is 4.90 Å². The lowest BCUT2D eigenvalue weighted by Gasteiger charge is -2.39. The van der Waals surface area contributed by atoms with Gasteiger partial charge in [0.05, 0.1) is 6.10 Å². The van der Waals surface area contributed by atoms with Gasteiger partial charge in [-0.3, -0.25) is 4.90 Å². The molecule has 160 valence electrons. The van der Waals surface area contributed by atoms with Gasteiger partial charge in [0.1, 0.15) is 0 Å². The fourth-order valence-corrected chi connectivity index (χ4v) is 5.55. The van der Waals surface area contributed by atoms with E-state index in [0.29, 0.717) is 12.5 Å². The largest absolute Gasteiger partial charge is 0.393 e. The van der Waals surface area contributed by atoms with E-state index in [1.165, 1.54) is 31.5 Å². The molecular weight excluding hydrogens is 362 g/mol. The molecule has 1 aromatic rings. The summed E-state index contributed by atoms with van der Waals surface area (Å²) < 4.78 is 0. The molecule has 2 N–H and O–H groups in total. The molecule has 0 spiro atoms. The molecular formula is C24H37N3O2. The predicted molar refractivity (Wildman–Crippen MR) is 115 cm³/mol. The number of urea groups is 1. The van der Waals surface area contributed by atoms with Crippen LogP contribution in [-0.4, -0.2) is 52.7 Å². The number of nitrogens with one attached hydrogen (secondary N) is 1. The van der Waals surface area contributed by atoms with Crippen LogP contribution in [0.4, 0.5) is 4.79 Å². The number of hydrogen-bond donors (Lipinski definition) is 2. The number of nitrogens with zero attached hydrogens (tertiary/aromatic N) is 2. The molecule has 4 atom stereocenters. The third-order valence-electron chi connectivity index (χ3n) is 7.25. The van der Waals surface area contributed by atoms with Crippen LogP contribution in [0.5, 0.6) is 0 Å². The lowest BCUT2D eigenvalue weighted by atomic mass is 9.76. The lowest BCUT2D eigenvalue weighted by Crippen LogP contribution is -2.49. The van der Waals surface area contributed by atoms with Crippen LogP contribution in [0.25, 0.3) is 0 Å². The van der Waals surface area contributed by atoms with Crippen LogP contribution < -0.4 is 5.32 Å². The van der Waals surface area contributed by atoms with E-state index < -0.39 is 0 Å². The number of rotatable bonds is 5. The van der Waals surface area contributed by atoms with Crippen molar-refractivity contribution in [1.82, 2.24) is 15.1 Å². The van der Waals surface area contributed by atoms with Crippen LogP contribution in [0.2, 0.25) is 0 Å². The highest BCUT2D eigenvalue weighted by molar-refractivity contribution is 5.75. The summed E-state index contributed by atoms with van der Waals surface area (Å²) in [6.45, 7) is 7.10. The third kappa shape index (κ3) is 5.13. The molecule has 3 aliphatic rings. The molecule has 2 heterocycles. The Kier molecular flexibility index (Phi) is 6.76. The number of hydrogen-bond acceptors (Lipinski definition) is 3. The SMILES string of the molecule is CC1CCC(O)C(C2CCCN2C(=O)NCc2ccc(CN3CCCC3)cc2)C1. The second-order valence-electron chi connectivity index (χ2n) is 9.51. The van der Waals surface area contributed by atoms with Gasteiger partial charge in [-0.2, -0.15) is 0 Å². The van der Waals surface area contributed by atoms with Crippen molar-refractivity contribution in [2.45, 2.75) is 77.1 Å². The van der Waals surface area contributed by atoms with Gasteiger partial charge in [-0.25, -0.2) is 4.79 Å². The first-order valence-corrected chi connectivity index (χ1v) is 11.6. The summed E-state index contributed by atoms with van der Waals surface area (Å²) in [5.41, 5.74) is 2.49. The summed E-state index contributed by atoms with van der Waals surface area (Å²) >= 11 is 0. The summed E-state index contributed by atoms with van der Waals surface area (Å²) in [6, 6.07) is 8.88. The van der Waals surface area contributed by atoms with E-state index in [2.05, 4.69) is 41.4 Å². The van der Waals surface area contributed by atoms with E-state index in [9.17, 15) is 9.90 Å². The number of amides is 2. The molecule has 5 heteroatoms. The number of carbonyl (C=O) groups is 1. The lowest BCUT2D eigenvalue weighted by molar-refractivity contribution is 0.0153. The first kappa shape index (κ1) is 20.7. The molecule has 29 heavy (non-hydrogen) atoms. The van der Waals surface area contributed by atoms with Crippen LogP contribution >= 0.6 is 0 Å². The maximum absolute atomic E-state index is 12.9. The molecule has 3 fully saturated rings. The summed E-state index contributed by atoms with van der Waals surface area (Å²) in [6.07, 6.45) is 7.46. The number of aliphatic hydroxyl groups is 1. The minimum Gasteiger partial charge on any atom is -0.393 e. The highest BCUT2D eigenvalue weighted by Crippen LogP contribution is 2.37. The molecule has 0 bridgehead atoms. The summed E-state index contributed by atoms with van der Waals surface area (Å²) in [4.78, 5) is 17.4. The Hall–Kier alpha value is -1.59. The zero-order valence-electron chi connectivity index (χ0n) is 17.9. The number of carbonyl (C=O) groups excluding carboxylic acids is 1. The summed E-state index contributed by atoms with van der Waals surface area (Å²) in [5, 5.41) is 13.6. The van der Waals surface area contributed by atoms with E-state index >= 15 is 0 Å². The predicted octanol–water partition coefficient (Wildman–Crippen LogP) is 3.75. The first-order valence-electron chi connectivity index (χ1n) is 11.6. The molecule has 1 aliphatic carbocycles. The standard InChI is InChI=1S/C24H37N3O2/c1-18-6-11-23(28)21(15-18)22-5-4-14-27(22)24(29)25-16-19-7-9-20(10-8-19)17-26-12-2-3-13-26/h7-10,18,21-23,28H,2-6,11-17H2,1H3,(H,25,29). The Morgan fingerprint density at radius 1 is 1.03 bits per heavy atom. The monoisotopic (exact) mass is 399 g/mol. The fourth-order valence-electron chi connectivity index (χ4n) is 5.55. The van der Waals surface area contributed by atoms with Gasteiger partial charge in [-0.05, 0) is 75.1 Å². The van der Waals surface area contributed by atoms with Crippen LogP contribution in [0.1, 0.15) is 63.0 Å². The van der Waals surface area contributed by atoms with E-state index in [4.69, 9.17) is 0 Å². The van der Waals surface area contributed by atoms with Crippen LogP contribution in [0.15, 0.2) is 24.3 Å². The highest BCUT2D eigenvalue weighted by atomic mass is 16.3. The van der Waals surface area contributed by atoms with Gasteiger partial charge in [-0.15, -0.1) is 0 Å². The average Bonchev–Trinajstić information content (AvgIpc) is 3.41. The van der Waals surface area contributed by atoms with Crippen molar-refractivity contribution in [2.75, 3.05) is 19.6 Å². The van der Waals surface area contributed by atoms with Crippen molar-refractivity contribution in [3.8, 4) is 0 Å². The summed E-state index contributed by atoms with van der Waals surface area (Å²) in [7, 11) is 0. The van der Waals surface area contributed by atoms with E-state index in [1.54, 1.807) is 0 Å². The van der Waals surface area contributed by atoms with Crippen molar-refractivity contribution in [1.29, 1.82) is 0 Å². The molecule has 2 saturated heterocycles. The van der Waals surface area contributed by atoms with Gasteiger partial charge in [0, 0.05) is 31.6 Å². The van der Waals surface area contributed by atoms with Gasteiger partial charge in [0.25, 0.3) is 0 Å². The maximum atomic E-state index is 12.9. The smallest absolute Gasteiger partial charge is 0.317 e. The molecule has 5 nitrogen and oxygen atoms in total. The molecule has 0 aromatic heterocycles. The van der Waals surface area contributed by atoms with Crippen molar-refractivity contribution in [3.63, 3.8) is 0 Å². The Balaban J connectivity index is 1.29. The van der Waals surface area contributed by atoms with Crippen molar-refractivity contribution in [2.24, 2.45) is 11.8 Å². The van der Waals surface area contributed by atoms with Crippen molar-refractivity contribution in [3.05, 3.63) is 35.4 Å². The topological polar surface area (TPSA) is 55.8 Å². The third-order valence-corrected chi connectivity index (χ3v) is 7.25. The van der Waals surface area contributed by atoms with Crippen molar-refractivity contribution >= 4 is 6.03 Å². The van der Waals surface area contributed by atoms with Gasteiger partial charge in [0.2, 0.25) is 0 Å². The first-order chi connectivity index (χ1) is 14.1. The van der Waals surface area contributed by atoms with E-state index in [0.717, 1.165) is 50.8 Å². The zero-order valence-corrected chi connectivity index (χ0v) is 17.9. The Morgan fingerprint density at radius 2 is 1.76 bits per heavy atom. The summed E-state index contributed by atoms with van der Waals surface area (Å²) in [5.74, 6) is 0.879. The zero-order chi connectivity index (χ0) is 20.2. The van der Waals surface area contributed by atoms with E-state index in [-0.39, 0.29) is 24.1 Å². The average molecular weight is 400 g/mol. The second kappa shape index (κ2) is 9.48. The molecule has 1 saturated carbocycles.